The van der Waals surface area contributed by atoms with Gasteiger partial charge in [-0.1, -0.05) is 18.2 Å². The molecule has 1 saturated heterocycles. The first-order chi connectivity index (χ1) is 10.2. The number of amides is 1. The van der Waals surface area contributed by atoms with E-state index in [0.717, 1.165) is 54.6 Å². The Hall–Kier alpha value is -1.81. The van der Waals surface area contributed by atoms with Crippen LogP contribution in [0.4, 0.5) is 0 Å². The number of carbonyl (C=O) groups is 1. The van der Waals surface area contributed by atoms with Crippen molar-refractivity contribution in [3.05, 3.63) is 35.5 Å². The topological polar surface area (TPSA) is 39.3 Å². The lowest BCUT2D eigenvalue weighted by molar-refractivity contribution is 0.0717. The van der Waals surface area contributed by atoms with Crippen molar-refractivity contribution in [1.82, 2.24) is 14.8 Å². The van der Waals surface area contributed by atoms with Gasteiger partial charge in [-0.15, -0.1) is 0 Å². The summed E-state index contributed by atoms with van der Waals surface area (Å²) in [7, 11) is 4.08. The summed E-state index contributed by atoms with van der Waals surface area (Å²) >= 11 is 0. The molecule has 3 rings (SSSR count). The Labute approximate surface area is 125 Å². The molecule has 2 aromatic rings. The summed E-state index contributed by atoms with van der Waals surface area (Å²) in [6, 6.07) is 8.18. The van der Waals surface area contributed by atoms with Crippen molar-refractivity contribution in [2.45, 2.75) is 25.8 Å². The van der Waals surface area contributed by atoms with Crippen LogP contribution in [-0.4, -0.2) is 47.9 Å². The smallest absolute Gasteiger partial charge is 0.270 e. The fourth-order valence-corrected chi connectivity index (χ4v) is 3.12. The highest BCUT2D eigenvalue weighted by Gasteiger charge is 2.24. The number of nitrogens with zero attached hydrogens (tertiary/aromatic N) is 2. The Bertz CT molecular complexity index is 639. The van der Waals surface area contributed by atoms with Gasteiger partial charge in [0.25, 0.3) is 5.91 Å². The van der Waals surface area contributed by atoms with E-state index in [9.17, 15) is 4.79 Å². The van der Waals surface area contributed by atoms with Crippen LogP contribution < -0.4 is 0 Å². The molecule has 4 heteroatoms. The number of nitrogens with one attached hydrogen (secondary N) is 1. The summed E-state index contributed by atoms with van der Waals surface area (Å²) in [6.07, 6.45) is 3.48. The van der Waals surface area contributed by atoms with E-state index in [1.54, 1.807) is 0 Å². The number of hydrogen-bond donors (Lipinski definition) is 1. The number of H-pyrrole nitrogens is 1. The summed E-state index contributed by atoms with van der Waals surface area (Å²) in [6.45, 7) is 2.55. The average molecular weight is 285 g/mol. The van der Waals surface area contributed by atoms with Gasteiger partial charge in [-0.05, 0) is 39.4 Å². The van der Waals surface area contributed by atoms with Gasteiger partial charge in [0.1, 0.15) is 5.69 Å². The molecule has 1 fully saturated rings. The highest BCUT2D eigenvalue weighted by molar-refractivity contribution is 6.01. The van der Waals surface area contributed by atoms with Gasteiger partial charge < -0.3 is 14.8 Å². The van der Waals surface area contributed by atoms with E-state index in [2.05, 4.69) is 16.0 Å². The lowest BCUT2D eigenvalue weighted by Gasteiger charge is -2.26. The van der Waals surface area contributed by atoms with Gasteiger partial charge in [-0.25, -0.2) is 0 Å². The first-order valence-corrected chi connectivity index (χ1v) is 7.70. The molecule has 1 aromatic heterocycles. The van der Waals surface area contributed by atoms with Crippen molar-refractivity contribution in [2.24, 2.45) is 0 Å². The lowest BCUT2D eigenvalue weighted by Crippen LogP contribution is -2.36. The molecule has 1 aromatic carbocycles. The molecule has 2 heterocycles. The number of aromatic nitrogens is 1. The number of para-hydroxylation sites is 1. The maximum atomic E-state index is 12.8. The maximum Gasteiger partial charge on any atom is 0.270 e. The summed E-state index contributed by atoms with van der Waals surface area (Å²) in [5.41, 5.74) is 2.94. The predicted molar refractivity (Wildman–Crippen MR) is 85.4 cm³/mol. The van der Waals surface area contributed by atoms with Crippen LogP contribution >= 0.6 is 0 Å². The summed E-state index contributed by atoms with van der Waals surface area (Å²) in [5, 5.41) is 1.16. The molecule has 1 N–H and O–H groups in total. The minimum absolute atomic E-state index is 0.155. The number of rotatable bonds is 3. The van der Waals surface area contributed by atoms with E-state index in [1.807, 2.05) is 37.2 Å². The minimum Gasteiger partial charge on any atom is -0.350 e. The Morgan fingerprint density at radius 2 is 1.90 bits per heavy atom. The third-order valence-corrected chi connectivity index (χ3v) is 4.15. The molecule has 0 bridgehead atoms. The lowest BCUT2D eigenvalue weighted by atomic mass is 10.1. The predicted octanol–water partition coefficient (Wildman–Crippen LogP) is 2.86. The number of carbonyl (C=O) groups excluding carboxylic acids is 1. The molecule has 0 saturated carbocycles. The number of piperidine rings is 1. The summed E-state index contributed by atoms with van der Waals surface area (Å²) in [4.78, 5) is 20.3. The van der Waals surface area contributed by atoms with Crippen LogP contribution in [0.15, 0.2) is 24.3 Å². The number of fused-ring (bicyclic) bond motifs is 1. The first kappa shape index (κ1) is 14.1. The Kier molecular flexibility index (Phi) is 3.97. The molecule has 1 aliphatic heterocycles. The van der Waals surface area contributed by atoms with Gasteiger partial charge in [0, 0.05) is 36.1 Å². The first-order valence-electron chi connectivity index (χ1n) is 7.70. The van der Waals surface area contributed by atoms with Crippen LogP contribution in [0.2, 0.25) is 0 Å². The number of hydrogen-bond acceptors (Lipinski definition) is 2. The molecular weight excluding hydrogens is 262 g/mol. The van der Waals surface area contributed by atoms with Crippen molar-refractivity contribution in [3.63, 3.8) is 0 Å². The molecule has 112 valence electrons. The molecule has 0 spiro atoms. The zero-order valence-electron chi connectivity index (χ0n) is 12.9. The van der Waals surface area contributed by atoms with Crippen molar-refractivity contribution in [3.8, 4) is 0 Å². The van der Waals surface area contributed by atoms with Gasteiger partial charge >= 0.3 is 0 Å². The van der Waals surface area contributed by atoms with Gasteiger partial charge in [-0.3, -0.25) is 4.79 Å². The summed E-state index contributed by atoms with van der Waals surface area (Å²) in [5.74, 6) is 0.155. The van der Waals surface area contributed by atoms with E-state index in [4.69, 9.17) is 0 Å². The van der Waals surface area contributed by atoms with Gasteiger partial charge in [0.15, 0.2) is 0 Å². The Balaban J connectivity index is 2.01. The van der Waals surface area contributed by atoms with Gasteiger partial charge in [0.2, 0.25) is 0 Å². The molecule has 0 radical (unpaired) electrons. The second-order valence-electron chi connectivity index (χ2n) is 6.11. The fraction of sp³-hybridized carbons (Fsp3) is 0.471. The Morgan fingerprint density at radius 3 is 2.62 bits per heavy atom. The van der Waals surface area contributed by atoms with E-state index in [-0.39, 0.29) is 5.91 Å². The monoisotopic (exact) mass is 285 g/mol. The van der Waals surface area contributed by atoms with Crippen LogP contribution in [0, 0.1) is 0 Å². The fourth-order valence-electron chi connectivity index (χ4n) is 3.12. The normalized spacial score (nSPS) is 15.9. The third kappa shape index (κ3) is 2.81. The molecule has 0 atom stereocenters. The van der Waals surface area contributed by atoms with Crippen LogP contribution in [-0.2, 0) is 6.54 Å². The van der Waals surface area contributed by atoms with Crippen molar-refractivity contribution in [2.75, 3.05) is 27.2 Å². The highest BCUT2D eigenvalue weighted by Crippen LogP contribution is 2.25. The molecule has 0 unspecified atom stereocenters. The van der Waals surface area contributed by atoms with Crippen LogP contribution in [0.3, 0.4) is 0 Å². The van der Waals surface area contributed by atoms with Gasteiger partial charge in [-0.2, -0.15) is 0 Å². The van der Waals surface area contributed by atoms with E-state index in [0.29, 0.717) is 0 Å². The molecule has 0 aliphatic carbocycles. The van der Waals surface area contributed by atoms with Crippen LogP contribution in [0.1, 0.15) is 35.3 Å². The van der Waals surface area contributed by atoms with Gasteiger partial charge in [0.05, 0.1) is 0 Å². The third-order valence-electron chi connectivity index (χ3n) is 4.15. The zero-order valence-corrected chi connectivity index (χ0v) is 12.9. The van der Waals surface area contributed by atoms with Crippen molar-refractivity contribution in [1.29, 1.82) is 0 Å². The molecule has 1 aliphatic rings. The molecule has 4 nitrogen and oxygen atoms in total. The van der Waals surface area contributed by atoms with Crippen molar-refractivity contribution >= 4 is 16.8 Å². The molecule has 1 amide bonds. The highest BCUT2D eigenvalue weighted by atomic mass is 16.2. The van der Waals surface area contributed by atoms with Crippen LogP contribution in [0.25, 0.3) is 10.9 Å². The summed E-state index contributed by atoms with van der Waals surface area (Å²) < 4.78 is 0. The number of benzene rings is 1. The quantitative estimate of drug-likeness (QED) is 0.942. The number of aromatic amines is 1. The molecular formula is C17H23N3O. The number of likely N-dealkylation sites (tertiary alicyclic amines) is 1. The van der Waals surface area contributed by atoms with Crippen molar-refractivity contribution < 1.29 is 4.79 Å². The van der Waals surface area contributed by atoms with E-state index in [1.165, 1.54) is 6.42 Å². The second-order valence-corrected chi connectivity index (χ2v) is 6.11. The standard InChI is InChI=1S/C17H23N3O/c1-19(2)12-14-13-8-4-5-9-15(13)18-16(14)17(21)20-10-6-3-7-11-20/h4-5,8-9,18H,3,6-7,10-12H2,1-2H3. The molecule has 21 heavy (non-hydrogen) atoms. The average Bonchev–Trinajstić information content (AvgIpc) is 2.86. The Morgan fingerprint density at radius 1 is 1.19 bits per heavy atom. The zero-order chi connectivity index (χ0) is 14.8. The minimum atomic E-state index is 0.155. The van der Waals surface area contributed by atoms with E-state index < -0.39 is 0 Å². The van der Waals surface area contributed by atoms with E-state index >= 15 is 0 Å². The second kappa shape index (κ2) is 5.90. The van der Waals surface area contributed by atoms with Crippen LogP contribution in [0.5, 0.6) is 0 Å². The maximum absolute atomic E-state index is 12.8. The SMILES string of the molecule is CN(C)Cc1c(C(=O)N2CCCCC2)[nH]c2ccccc12. The largest absolute Gasteiger partial charge is 0.350 e.